The van der Waals surface area contributed by atoms with Crippen molar-refractivity contribution in [2.24, 2.45) is 0 Å². The van der Waals surface area contributed by atoms with Gasteiger partial charge < -0.3 is 14.6 Å². The molecule has 0 saturated heterocycles. The van der Waals surface area contributed by atoms with E-state index in [0.717, 1.165) is 18.5 Å². The molecule has 106 valence electrons. The Morgan fingerprint density at radius 1 is 1.30 bits per heavy atom. The summed E-state index contributed by atoms with van der Waals surface area (Å²) in [7, 11) is 1.79. The predicted molar refractivity (Wildman–Crippen MR) is 78.9 cm³/mol. The van der Waals surface area contributed by atoms with E-state index < -0.39 is 0 Å². The van der Waals surface area contributed by atoms with Gasteiger partial charge >= 0.3 is 0 Å². The van der Waals surface area contributed by atoms with Crippen LogP contribution in [0.4, 0.5) is 0 Å². The molecule has 4 heteroatoms. The van der Waals surface area contributed by atoms with Crippen molar-refractivity contribution in [3.8, 4) is 5.69 Å². The Balaban J connectivity index is 1.60. The number of aromatic nitrogens is 2. The molecular formula is C16H21N3O. The first-order valence-electron chi connectivity index (χ1n) is 7.13. The van der Waals surface area contributed by atoms with Gasteiger partial charge in [0, 0.05) is 37.3 Å². The Hall–Kier alpha value is -1.65. The fourth-order valence-corrected chi connectivity index (χ4v) is 2.69. The van der Waals surface area contributed by atoms with Crippen LogP contribution in [0.25, 0.3) is 5.69 Å². The van der Waals surface area contributed by atoms with Crippen molar-refractivity contribution < 1.29 is 4.74 Å². The van der Waals surface area contributed by atoms with Crippen molar-refractivity contribution in [2.45, 2.75) is 38.0 Å². The summed E-state index contributed by atoms with van der Waals surface area (Å²) in [6.45, 7) is 2.21. The highest BCUT2D eigenvalue weighted by Crippen LogP contribution is 2.26. The molecule has 1 N–H and O–H groups in total. The lowest BCUT2D eigenvalue weighted by Crippen LogP contribution is -2.45. The molecule has 0 amide bonds. The molecular weight excluding hydrogens is 250 g/mol. The Morgan fingerprint density at radius 2 is 2.05 bits per heavy atom. The molecule has 1 aliphatic carbocycles. The van der Waals surface area contributed by atoms with E-state index >= 15 is 0 Å². The fourth-order valence-electron chi connectivity index (χ4n) is 2.69. The molecule has 1 fully saturated rings. The third kappa shape index (κ3) is 2.76. The van der Waals surface area contributed by atoms with Gasteiger partial charge in [-0.15, -0.1) is 0 Å². The molecule has 20 heavy (non-hydrogen) atoms. The monoisotopic (exact) mass is 271 g/mol. The second-order valence-corrected chi connectivity index (χ2v) is 5.48. The molecule has 1 saturated carbocycles. The first-order valence-corrected chi connectivity index (χ1v) is 7.13. The van der Waals surface area contributed by atoms with Gasteiger partial charge in [-0.3, -0.25) is 0 Å². The summed E-state index contributed by atoms with van der Waals surface area (Å²) >= 11 is 0. The normalized spacial score (nSPS) is 23.3. The number of rotatable bonds is 5. The van der Waals surface area contributed by atoms with Crippen molar-refractivity contribution in [1.29, 1.82) is 0 Å². The van der Waals surface area contributed by atoms with Crippen LogP contribution < -0.4 is 5.32 Å². The van der Waals surface area contributed by atoms with Crippen LogP contribution in [0.3, 0.4) is 0 Å². The van der Waals surface area contributed by atoms with Crippen LogP contribution in [0.2, 0.25) is 0 Å². The summed E-state index contributed by atoms with van der Waals surface area (Å²) in [5.74, 6) is 0. The number of methoxy groups -OCH3 is 1. The van der Waals surface area contributed by atoms with Gasteiger partial charge in [0.15, 0.2) is 0 Å². The summed E-state index contributed by atoms with van der Waals surface area (Å²) < 4.78 is 7.32. The number of hydrogen-bond acceptors (Lipinski definition) is 3. The second kappa shape index (κ2) is 5.77. The van der Waals surface area contributed by atoms with E-state index in [4.69, 9.17) is 4.74 Å². The quantitative estimate of drug-likeness (QED) is 0.908. The number of imidazole rings is 1. The van der Waals surface area contributed by atoms with Gasteiger partial charge in [-0.05, 0) is 37.5 Å². The summed E-state index contributed by atoms with van der Waals surface area (Å²) in [5.41, 5.74) is 2.45. The molecule has 1 aromatic carbocycles. The highest BCUT2D eigenvalue weighted by atomic mass is 16.5. The minimum atomic E-state index is 0.370. The average molecular weight is 271 g/mol. The zero-order valence-electron chi connectivity index (χ0n) is 12.0. The Kier molecular flexibility index (Phi) is 3.85. The van der Waals surface area contributed by atoms with E-state index in [1.165, 1.54) is 5.56 Å². The molecule has 1 heterocycles. The maximum absolute atomic E-state index is 5.31. The zero-order valence-corrected chi connectivity index (χ0v) is 12.0. The van der Waals surface area contributed by atoms with E-state index in [1.807, 2.05) is 17.1 Å². The lowest BCUT2D eigenvalue weighted by atomic mass is 9.88. The molecule has 4 nitrogen and oxygen atoms in total. The highest BCUT2D eigenvalue weighted by Gasteiger charge is 2.29. The molecule has 0 bridgehead atoms. The molecule has 3 rings (SSSR count). The lowest BCUT2D eigenvalue weighted by Gasteiger charge is -2.36. The van der Waals surface area contributed by atoms with Crippen molar-refractivity contribution in [3.05, 3.63) is 48.5 Å². The summed E-state index contributed by atoms with van der Waals surface area (Å²) in [6.07, 6.45) is 8.25. The van der Waals surface area contributed by atoms with Crippen LogP contribution in [0, 0.1) is 0 Å². The number of benzene rings is 1. The average Bonchev–Trinajstić information content (AvgIpc) is 2.96. The standard InChI is InChI=1S/C16H21N3O/c1-12(18-14-9-16(10-14)20-2)13-3-5-15(6-4-13)19-8-7-17-11-19/h3-8,11-12,14,16,18H,9-10H2,1-2H3. The SMILES string of the molecule is COC1CC(NC(C)c2ccc(-n3ccnc3)cc2)C1. The van der Waals surface area contributed by atoms with Crippen molar-refractivity contribution in [3.63, 3.8) is 0 Å². The van der Waals surface area contributed by atoms with Crippen molar-refractivity contribution in [2.75, 3.05) is 7.11 Å². The van der Waals surface area contributed by atoms with E-state index in [2.05, 4.69) is 41.5 Å². The first-order chi connectivity index (χ1) is 9.76. The number of nitrogens with zero attached hydrogens (tertiary/aromatic N) is 2. The molecule has 0 aliphatic heterocycles. The number of ether oxygens (including phenoxy) is 1. The maximum Gasteiger partial charge on any atom is 0.0991 e. The second-order valence-electron chi connectivity index (χ2n) is 5.48. The van der Waals surface area contributed by atoms with Crippen LogP contribution in [-0.2, 0) is 4.74 Å². The van der Waals surface area contributed by atoms with Crippen molar-refractivity contribution in [1.82, 2.24) is 14.9 Å². The van der Waals surface area contributed by atoms with Crippen LogP contribution >= 0.6 is 0 Å². The van der Waals surface area contributed by atoms with Gasteiger partial charge in [0.1, 0.15) is 0 Å². The third-order valence-electron chi connectivity index (χ3n) is 4.11. The van der Waals surface area contributed by atoms with E-state index in [1.54, 1.807) is 13.3 Å². The lowest BCUT2D eigenvalue weighted by molar-refractivity contribution is 0.0147. The summed E-state index contributed by atoms with van der Waals surface area (Å²) in [5, 5.41) is 3.65. The summed E-state index contributed by atoms with van der Waals surface area (Å²) in [4.78, 5) is 4.07. The van der Waals surface area contributed by atoms with E-state index in [0.29, 0.717) is 18.2 Å². The van der Waals surface area contributed by atoms with Crippen LogP contribution in [-0.4, -0.2) is 28.8 Å². The molecule has 1 atom stereocenters. The highest BCUT2D eigenvalue weighted by molar-refractivity contribution is 5.35. The Labute approximate surface area is 119 Å². The first kappa shape index (κ1) is 13.3. The molecule has 1 aliphatic rings. The fraction of sp³-hybridized carbons (Fsp3) is 0.438. The van der Waals surface area contributed by atoms with Gasteiger partial charge in [0.25, 0.3) is 0 Å². The predicted octanol–water partition coefficient (Wildman–Crippen LogP) is 2.70. The molecule has 1 aromatic heterocycles. The van der Waals surface area contributed by atoms with Gasteiger partial charge in [-0.25, -0.2) is 4.98 Å². The van der Waals surface area contributed by atoms with Gasteiger partial charge in [-0.2, -0.15) is 0 Å². The third-order valence-corrected chi connectivity index (χ3v) is 4.11. The van der Waals surface area contributed by atoms with E-state index in [-0.39, 0.29) is 0 Å². The molecule has 0 radical (unpaired) electrons. The number of nitrogens with one attached hydrogen (secondary N) is 1. The molecule has 2 aromatic rings. The molecule has 0 spiro atoms. The van der Waals surface area contributed by atoms with Crippen molar-refractivity contribution >= 4 is 0 Å². The minimum Gasteiger partial charge on any atom is -0.381 e. The van der Waals surface area contributed by atoms with Crippen LogP contribution in [0.1, 0.15) is 31.4 Å². The van der Waals surface area contributed by atoms with Crippen LogP contribution in [0.5, 0.6) is 0 Å². The van der Waals surface area contributed by atoms with Gasteiger partial charge in [0.2, 0.25) is 0 Å². The summed E-state index contributed by atoms with van der Waals surface area (Å²) in [6, 6.07) is 9.58. The Morgan fingerprint density at radius 3 is 2.65 bits per heavy atom. The zero-order chi connectivity index (χ0) is 13.9. The van der Waals surface area contributed by atoms with E-state index in [9.17, 15) is 0 Å². The topological polar surface area (TPSA) is 39.1 Å². The maximum atomic E-state index is 5.31. The van der Waals surface area contributed by atoms with Gasteiger partial charge in [0.05, 0.1) is 12.4 Å². The Bertz CT molecular complexity index is 529. The van der Waals surface area contributed by atoms with Gasteiger partial charge in [-0.1, -0.05) is 12.1 Å². The smallest absolute Gasteiger partial charge is 0.0991 e. The minimum absolute atomic E-state index is 0.370. The largest absolute Gasteiger partial charge is 0.381 e. The van der Waals surface area contributed by atoms with Crippen LogP contribution in [0.15, 0.2) is 43.0 Å². The molecule has 1 unspecified atom stereocenters. The number of hydrogen-bond donors (Lipinski definition) is 1.